The van der Waals surface area contributed by atoms with E-state index in [1.807, 2.05) is 43.0 Å². The molecule has 142 valence electrons. The number of hydrogen-bond acceptors (Lipinski definition) is 3. The van der Waals surface area contributed by atoms with Crippen molar-refractivity contribution in [2.24, 2.45) is 5.92 Å². The Morgan fingerprint density at radius 3 is 2.22 bits per heavy atom. The van der Waals surface area contributed by atoms with E-state index in [9.17, 15) is 14.0 Å². The number of piperazine rings is 1. The Morgan fingerprint density at radius 2 is 1.59 bits per heavy atom. The number of hydrogen-bond donors (Lipinski definition) is 1. The summed E-state index contributed by atoms with van der Waals surface area (Å²) in [4.78, 5) is 28.7. The lowest BCUT2D eigenvalue weighted by molar-refractivity contribution is -0.134. The molecule has 5 nitrogen and oxygen atoms in total. The molecular weight excluding hydrogens is 345 g/mol. The topological polar surface area (TPSA) is 52.7 Å². The summed E-state index contributed by atoms with van der Waals surface area (Å²) in [6.07, 6.45) is 0. The first-order valence-electron chi connectivity index (χ1n) is 9.15. The standard InChI is InChI=1S/C21H24FN3O2/c1-15(2)21(27)25-13-11-24(12-14-25)19-6-4-3-5-18(19)23-20(26)16-7-9-17(22)10-8-16/h3-10,15H,11-14H2,1-2H3,(H,23,26). The number of nitrogens with one attached hydrogen (secondary N) is 1. The maximum atomic E-state index is 13.1. The van der Waals surface area contributed by atoms with Crippen LogP contribution in [0.2, 0.25) is 0 Å². The fraction of sp³-hybridized carbons (Fsp3) is 0.333. The zero-order valence-corrected chi connectivity index (χ0v) is 15.6. The fourth-order valence-electron chi connectivity index (χ4n) is 3.18. The first-order chi connectivity index (χ1) is 13.0. The molecule has 0 aromatic heterocycles. The minimum Gasteiger partial charge on any atom is -0.366 e. The van der Waals surface area contributed by atoms with Gasteiger partial charge in [0.25, 0.3) is 5.91 Å². The third-order valence-electron chi connectivity index (χ3n) is 4.68. The maximum Gasteiger partial charge on any atom is 0.255 e. The first-order valence-corrected chi connectivity index (χ1v) is 9.15. The summed E-state index contributed by atoms with van der Waals surface area (Å²) in [5.74, 6) is -0.483. The van der Waals surface area contributed by atoms with E-state index in [2.05, 4.69) is 10.2 Å². The van der Waals surface area contributed by atoms with Gasteiger partial charge in [-0.05, 0) is 36.4 Å². The van der Waals surface area contributed by atoms with E-state index < -0.39 is 0 Å². The normalized spacial score (nSPS) is 14.4. The molecule has 1 N–H and O–H groups in total. The van der Waals surface area contributed by atoms with Gasteiger partial charge in [0.2, 0.25) is 5.91 Å². The molecule has 2 aromatic rings. The number of rotatable bonds is 4. The molecule has 0 atom stereocenters. The molecule has 0 bridgehead atoms. The van der Waals surface area contributed by atoms with Gasteiger partial charge >= 0.3 is 0 Å². The van der Waals surface area contributed by atoms with Gasteiger partial charge in [-0.25, -0.2) is 4.39 Å². The van der Waals surface area contributed by atoms with E-state index in [0.717, 1.165) is 5.69 Å². The fourth-order valence-corrected chi connectivity index (χ4v) is 3.18. The van der Waals surface area contributed by atoms with Crippen LogP contribution in [0.15, 0.2) is 48.5 Å². The average Bonchev–Trinajstić information content (AvgIpc) is 2.68. The Morgan fingerprint density at radius 1 is 0.963 bits per heavy atom. The van der Waals surface area contributed by atoms with Gasteiger partial charge in [0.1, 0.15) is 5.82 Å². The third kappa shape index (κ3) is 4.45. The van der Waals surface area contributed by atoms with Crippen LogP contribution >= 0.6 is 0 Å². The highest BCUT2D eigenvalue weighted by atomic mass is 19.1. The summed E-state index contributed by atoms with van der Waals surface area (Å²) in [5.41, 5.74) is 2.03. The lowest BCUT2D eigenvalue weighted by Gasteiger charge is -2.37. The molecule has 2 amide bonds. The molecule has 6 heteroatoms. The minimum atomic E-state index is -0.374. The van der Waals surface area contributed by atoms with E-state index in [0.29, 0.717) is 37.4 Å². The molecule has 0 saturated carbocycles. The van der Waals surface area contributed by atoms with Crippen molar-refractivity contribution in [3.63, 3.8) is 0 Å². The van der Waals surface area contributed by atoms with Crippen LogP contribution in [-0.4, -0.2) is 42.9 Å². The Labute approximate surface area is 158 Å². The van der Waals surface area contributed by atoms with Gasteiger partial charge in [0.15, 0.2) is 0 Å². The maximum absolute atomic E-state index is 13.1. The van der Waals surface area contributed by atoms with Gasteiger partial charge < -0.3 is 15.1 Å². The van der Waals surface area contributed by atoms with Gasteiger partial charge in [0, 0.05) is 37.7 Å². The van der Waals surface area contributed by atoms with Crippen LogP contribution in [0, 0.1) is 11.7 Å². The number of carbonyl (C=O) groups is 2. The molecular formula is C21H24FN3O2. The number of amides is 2. The second-order valence-corrected chi connectivity index (χ2v) is 6.95. The number of benzene rings is 2. The first kappa shape index (κ1) is 18.9. The Kier molecular flexibility index (Phi) is 5.74. The van der Waals surface area contributed by atoms with Crippen LogP contribution in [0.1, 0.15) is 24.2 Å². The predicted molar refractivity (Wildman–Crippen MR) is 104 cm³/mol. The highest BCUT2D eigenvalue weighted by Crippen LogP contribution is 2.27. The van der Waals surface area contributed by atoms with E-state index in [4.69, 9.17) is 0 Å². The minimum absolute atomic E-state index is 0.00108. The van der Waals surface area contributed by atoms with Crippen molar-refractivity contribution in [1.82, 2.24) is 4.90 Å². The van der Waals surface area contributed by atoms with Gasteiger partial charge in [-0.1, -0.05) is 26.0 Å². The molecule has 0 spiro atoms. The van der Waals surface area contributed by atoms with Crippen molar-refractivity contribution in [2.75, 3.05) is 36.4 Å². The quantitative estimate of drug-likeness (QED) is 0.899. The molecule has 1 fully saturated rings. The largest absolute Gasteiger partial charge is 0.366 e. The number of carbonyl (C=O) groups excluding carboxylic acids is 2. The summed E-state index contributed by atoms with van der Waals surface area (Å²) in [5, 5.41) is 2.91. The van der Waals surface area contributed by atoms with Crippen LogP contribution < -0.4 is 10.2 Å². The molecule has 0 unspecified atom stereocenters. The van der Waals surface area contributed by atoms with Crippen LogP contribution in [-0.2, 0) is 4.79 Å². The molecule has 27 heavy (non-hydrogen) atoms. The summed E-state index contributed by atoms with van der Waals surface area (Å²) < 4.78 is 13.1. The molecule has 0 radical (unpaired) electrons. The van der Waals surface area contributed by atoms with Crippen LogP contribution in [0.5, 0.6) is 0 Å². The second-order valence-electron chi connectivity index (χ2n) is 6.95. The highest BCUT2D eigenvalue weighted by Gasteiger charge is 2.24. The monoisotopic (exact) mass is 369 g/mol. The number of para-hydroxylation sites is 2. The van der Waals surface area contributed by atoms with Crippen molar-refractivity contribution in [3.8, 4) is 0 Å². The second kappa shape index (κ2) is 8.20. The molecule has 2 aromatic carbocycles. The third-order valence-corrected chi connectivity index (χ3v) is 4.68. The average molecular weight is 369 g/mol. The molecule has 0 aliphatic carbocycles. The Hall–Kier alpha value is -2.89. The van der Waals surface area contributed by atoms with Gasteiger partial charge in [-0.2, -0.15) is 0 Å². The van der Waals surface area contributed by atoms with Gasteiger partial charge in [-0.15, -0.1) is 0 Å². The lowest BCUT2D eigenvalue weighted by atomic mass is 10.1. The lowest BCUT2D eigenvalue weighted by Crippen LogP contribution is -2.50. The van der Waals surface area contributed by atoms with Crippen LogP contribution in [0.3, 0.4) is 0 Å². The van der Waals surface area contributed by atoms with Gasteiger partial charge in [-0.3, -0.25) is 9.59 Å². The smallest absolute Gasteiger partial charge is 0.255 e. The van der Waals surface area contributed by atoms with Crippen molar-refractivity contribution in [2.45, 2.75) is 13.8 Å². The molecule has 1 heterocycles. The van der Waals surface area contributed by atoms with E-state index in [1.54, 1.807) is 0 Å². The van der Waals surface area contributed by atoms with Gasteiger partial charge in [0.05, 0.1) is 11.4 Å². The number of anilines is 2. The Balaban J connectivity index is 1.70. The Bertz CT molecular complexity index is 812. The number of nitrogens with zero attached hydrogens (tertiary/aromatic N) is 2. The summed E-state index contributed by atoms with van der Waals surface area (Å²) >= 11 is 0. The molecule has 1 saturated heterocycles. The summed E-state index contributed by atoms with van der Waals surface area (Å²) in [7, 11) is 0. The SMILES string of the molecule is CC(C)C(=O)N1CCN(c2ccccc2NC(=O)c2ccc(F)cc2)CC1. The van der Waals surface area contributed by atoms with Crippen molar-refractivity contribution >= 4 is 23.2 Å². The number of halogens is 1. The van der Waals surface area contributed by atoms with Crippen molar-refractivity contribution in [1.29, 1.82) is 0 Å². The van der Waals surface area contributed by atoms with E-state index in [-0.39, 0.29) is 23.5 Å². The summed E-state index contributed by atoms with van der Waals surface area (Å²) in [6.45, 7) is 6.57. The molecule has 1 aliphatic heterocycles. The van der Waals surface area contributed by atoms with E-state index >= 15 is 0 Å². The van der Waals surface area contributed by atoms with Crippen LogP contribution in [0.4, 0.5) is 15.8 Å². The zero-order chi connectivity index (χ0) is 19.4. The van der Waals surface area contributed by atoms with E-state index in [1.165, 1.54) is 24.3 Å². The van der Waals surface area contributed by atoms with Crippen molar-refractivity contribution in [3.05, 3.63) is 59.9 Å². The summed E-state index contributed by atoms with van der Waals surface area (Å²) in [6, 6.07) is 13.1. The van der Waals surface area contributed by atoms with Crippen LogP contribution in [0.25, 0.3) is 0 Å². The predicted octanol–water partition coefficient (Wildman–Crippen LogP) is 3.38. The van der Waals surface area contributed by atoms with Crippen molar-refractivity contribution < 1.29 is 14.0 Å². The zero-order valence-electron chi connectivity index (χ0n) is 15.6. The highest BCUT2D eigenvalue weighted by molar-refractivity contribution is 6.05. The molecule has 3 rings (SSSR count). The molecule has 1 aliphatic rings.